The Morgan fingerprint density at radius 3 is 3.17 bits per heavy atom. The molecule has 1 aromatic rings. The van der Waals surface area contributed by atoms with Crippen LogP contribution in [0.4, 0.5) is 0 Å². The number of hydrogen-bond donors (Lipinski definition) is 0. The molecular weight excluding hydrogens is 148 g/mol. The highest BCUT2D eigenvalue weighted by Crippen LogP contribution is 2.20. The lowest BCUT2D eigenvalue weighted by atomic mass is 9.97. The van der Waals surface area contributed by atoms with E-state index in [0.29, 0.717) is 6.04 Å². The van der Waals surface area contributed by atoms with Gasteiger partial charge in [0.25, 0.3) is 0 Å². The van der Waals surface area contributed by atoms with E-state index in [1.807, 2.05) is 12.4 Å². The van der Waals surface area contributed by atoms with Crippen molar-refractivity contribution in [2.45, 2.75) is 25.9 Å². The zero-order chi connectivity index (χ0) is 8.55. The summed E-state index contributed by atoms with van der Waals surface area (Å²) in [4.78, 5) is 6.50. The van der Waals surface area contributed by atoms with Gasteiger partial charge in [-0.25, -0.2) is 0 Å². The van der Waals surface area contributed by atoms with Gasteiger partial charge in [0.1, 0.15) is 0 Å². The number of rotatable bonds is 0. The normalized spacial score (nSPS) is 23.7. The number of likely N-dealkylation sites (N-methyl/N-ethyl adjacent to an activating group) is 1. The van der Waals surface area contributed by atoms with Crippen LogP contribution in [-0.2, 0) is 13.0 Å². The quantitative estimate of drug-likeness (QED) is 0.574. The maximum Gasteiger partial charge on any atom is 0.0315 e. The summed E-state index contributed by atoms with van der Waals surface area (Å²) in [5.74, 6) is 0. The van der Waals surface area contributed by atoms with Gasteiger partial charge in [0.2, 0.25) is 0 Å². The molecule has 0 amide bonds. The molecule has 2 rings (SSSR count). The third-order valence-electron chi connectivity index (χ3n) is 2.69. The molecule has 0 saturated carbocycles. The number of fused-ring (bicyclic) bond motifs is 1. The average Bonchev–Trinajstić information content (AvgIpc) is 2.07. The molecule has 1 unspecified atom stereocenters. The molecule has 2 nitrogen and oxygen atoms in total. The molecule has 1 aliphatic rings. The number of nitrogens with zero attached hydrogens (tertiary/aromatic N) is 2. The van der Waals surface area contributed by atoms with Gasteiger partial charge in [-0.05, 0) is 37.6 Å². The predicted octanol–water partition coefficient (Wildman–Crippen LogP) is 1.46. The Labute approximate surface area is 73.2 Å². The standard InChI is InChI=1S/C10H14N2/c1-8-5-9-3-4-11-6-10(9)7-12(8)2/h3-4,6,8H,5,7H2,1-2H3. The summed E-state index contributed by atoms with van der Waals surface area (Å²) in [5, 5.41) is 0. The van der Waals surface area contributed by atoms with Crippen LogP contribution in [0.5, 0.6) is 0 Å². The van der Waals surface area contributed by atoms with E-state index < -0.39 is 0 Å². The second kappa shape index (κ2) is 2.87. The van der Waals surface area contributed by atoms with Crippen LogP contribution in [0.1, 0.15) is 18.1 Å². The molecule has 0 bridgehead atoms. The Kier molecular flexibility index (Phi) is 1.85. The first-order valence-electron chi connectivity index (χ1n) is 4.39. The van der Waals surface area contributed by atoms with Crippen LogP contribution in [0.3, 0.4) is 0 Å². The van der Waals surface area contributed by atoms with E-state index in [1.54, 1.807) is 0 Å². The predicted molar refractivity (Wildman–Crippen MR) is 48.9 cm³/mol. The Hall–Kier alpha value is -0.890. The van der Waals surface area contributed by atoms with Gasteiger partial charge in [0.05, 0.1) is 0 Å². The summed E-state index contributed by atoms with van der Waals surface area (Å²) in [5.41, 5.74) is 2.86. The first-order valence-corrected chi connectivity index (χ1v) is 4.39. The molecule has 0 fully saturated rings. The van der Waals surface area contributed by atoms with Crippen LogP contribution in [0.15, 0.2) is 18.5 Å². The van der Waals surface area contributed by atoms with Crippen LogP contribution in [0, 0.1) is 0 Å². The molecule has 1 aliphatic heterocycles. The smallest absolute Gasteiger partial charge is 0.0315 e. The Bertz CT molecular complexity index is 254. The lowest BCUT2D eigenvalue weighted by Crippen LogP contribution is -2.34. The van der Waals surface area contributed by atoms with Crippen LogP contribution < -0.4 is 0 Å². The monoisotopic (exact) mass is 162 g/mol. The summed E-state index contributed by atoms with van der Waals surface area (Å²) in [6, 6.07) is 2.80. The molecule has 1 aromatic heterocycles. The van der Waals surface area contributed by atoms with E-state index >= 15 is 0 Å². The molecule has 0 spiro atoms. The molecule has 1 atom stereocenters. The lowest BCUT2D eigenvalue weighted by molar-refractivity contribution is 0.231. The average molecular weight is 162 g/mol. The molecule has 2 heterocycles. The van der Waals surface area contributed by atoms with Gasteiger partial charge in [-0.1, -0.05) is 0 Å². The molecule has 0 N–H and O–H groups in total. The summed E-state index contributed by atoms with van der Waals surface area (Å²) >= 11 is 0. The lowest BCUT2D eigenvalue weighted by Gasteiger charge is -2.31. The van der Waals surface area contributed by atoms with E-state index in [2.05, 4.69) is 29.9 Å². The van der Waals surface area contributed by atoms with Crippen molar-refractivity contribution in [1.29, 1.82) is 0 Å². The second-order valence-electron chi connectivity index (χ2n) is 3.61. The van der Waals surface area contributed by atoms with Crippen molar-refractivity contribution in [2.24, 2.45) is 0 Å². The van der Waals surface area contributed by atoms with Crippen molar-refractivity contribution < 1.29 is 0 Å². The minimum Gasteiger partial charge on any atom is -0.299 e. The van der Waals surface area contributed by atoms with Crippen LogP contribution in [0.2, 0.25) is 0 Å². The van der Waals surface area contributed by atoms with Crippen LogP contribution >= 0.6 is 0 Å². The van der Waals surface area contributed by atoms with E-state index in [1.165, 1.54) is 11.1 Å². The highest BCUT2D eigenvalue weighted by molar-refractivity contribution is 5.26. The zero-order valence-corrected chi connectivity index (χ0v) is 7.62. The molecule has 64 valence electrons. The largest absolute Gasteiger partial charge is 0.299 e. The van der Waals surface area contributed by atoms with Crippen LogP contribution in [-0.4, -0.2) is 23.0 Å². The highest BCUT2D eigenvalue weighted by atomic mass is 15.1. The van der Waals surface area contributed by atoms with Gasteiger partial charge >= 0.3 is 0 Å². The van der Waals surface area contributed by atoms with Crippen molar-refractivity contribution in [3.8, 4) is 0 Å². The number of hydrogen-bond acceptors (Lipinski definition) is 2. The van der Waals surface area contributed by atoms with E-state index in [4.69, 9.17) is 0 Å². The summed E-state index contributed by atoms with van der Waals surface area (Å²) in [6.07, 6.45) is 5.03. The molecule has 0 saturated heterocycles. The molecule has 2 heteroatoms. The summed E-state index contributed by atoms with van der Waals surface area (Å²) in [7, 11) is 2.17. The van der Waals surface area contributed by atoms with Crippen molar-refractivity contribution in [1.82, 2.24) is 9.88 Å². The number of aromatic nitrogens is 1. The van der Waals surface area contributed by atoms with Gasteiger partial charge in [0.15, 0.2) is 0 Å². The SMILES string of the molecule is CC1Cc2ccncc2CN1C. The fourth-order valence-corrected chi connectivity index (χ4v) is 1.70. The van der Waals surface area contributed by atoms with Gasteiger partial charge in [0, 0.05) is 25.0 Å². The molecular formula is C10H14N2. The van der Waals surface area contributed by atoms with E-state index in [9.17, 15) is 0 Å². The fourth-order valence-electron chi connectivity index (χ4n) is 1.70. The van der Waals surface area contributed by atoms with Crippen molar-refractivity contribution in [2.75, 3.05) is 7.05 Å². The molecule has 0 radical (unpaired) electrons. The first-order chi connectivity index (χ1) is 5.77. The van der Waals surface area contributed by atoms with Crippen molar-refractivity contribution >= 4 is 0 Å². The summed E-state index contributed by atoms with van der Waals surface area (Å²) in [6.45, 7) is 3.31. The third kappa shape index (κ3) is 1.23. The van der Waals surface area contributed by atoms with Gasteiger partial charge in [-0.15, -0.1) is 0 Å². The Morgan fingerprint density at radius 2 is 2.33 bits per heavy atom. The maximum atomic E-state index is 4.13. The second-order valence-corrected chi connectivity index (χ2v) is 3.61. The van der Waals surface area contributed by atoms with Gasteiger partial charge in [-0.3, -0.25) is 9.88 Å². The maximum absolute atomic E-state index is 4.13. The van der Waals surface area contributed by atoms with E-state index in [-0.39, 0.29) is 0 Å². The molecule has 12 heavy (non-hydrogen) atoms. The highest BCUT2D eigenvalue weighted by Gasteiger charge is 2.18. The first kappa shape index (κ1) is 7.74. The third-order valence-corrected chi connectivity index (χ3v) is 2.69. The summed E-state index contributed by atoms with van der Waals surface area (Å²) < 4.78 is 0. The number of pyridine rings is 1. The topological polar surface area (TPSA) is 16.1 Å². The van der Waals surface area contributed by atoms with Gasteiger partial charge < -0.3 is 0 Å². The Balaban J connectivity index is 2.34. The van der Waals surface area contributed by atoms with Crippen molar-refractivity contribution in [3.05, 3.63) is 29.6 Å². The fraction of sp³-hybridized carbons (Fsp3) is 0.500. The Morgan fingerprint density at radius 1 is 1.50 bits per heavy atom. The van der Waals surface area contributed by atoms with Crippen molar-refractivity contribution in [3.63, 3.8) is 0 Å². The van der Waals surface area contributed by atoms with E-state index in [0.717, 1.165) is 13.0 Å². The zero-order valence-electron chi connectivity index (χ0n) is 7.62. The van der Waals surface area contributed by atoms with Gasteiger partial charge in [-0.2, -0.15) is 0 Å². The van der Waals surface area contributed by atoms with Crippen LogP contribution in [0.25, 0.3) is 0 Å². The molecule has 0 aromatic carbocycles. The minimum absolute atomic E-state index is 0.667. The molecule has 0 aliphatic carbocycles. The minimum atomic E-state index is 0.667.